The summed E-state index contributed by atoms with van der Waals surface area (Å²) in [5.74, 6) is 0. The van der Waals surface area contributed by atoms with Crippen molar-refractivity contribution in [2.45, 2.75) is 26.8 Å². The van der Waals surface area contributed by atoms with Crippen LogP contribution in [0.5, 0.6) is 0 Å². The fraction of sp³-hybridized carbons (Fsp3) is 0.455. The first-order valence-corrected chi connectivity index (χ1v) is 7.49. The molecule has 0 fully saturated rings. The summed E-state index contributed by atoms with van der Waals surface area (Å²) < 4.78 is 28.6. The number of aryl methyl sites for hydroxylation is 1. The van der Waals surface area contributed by atoms with Crippen molar-refractivity contribution in [3.8, 4) is 0 Å². The monoisotopic (exact) mass is 320 g/mol. The molecule has 0 aliphatic carbocycles. The third-order valence-electron chi connectivity index (χ3n) is 2.53. The second kappa shape index (κ2) is 5.37. The van der Waals surface area contributed by atoms with Crippen LogP contribution in [0, 0.1) is 6.92 Å². The molecule has 0 heterocycles. The number of rotatable bonds is 4. The molecule has 0 radical (unpaired) electrons. The van der Waals surface area contributed by atoms with Crippen molar-refractivity contribution in [1.82, 2.24) is 4.31 Å². The fourth-order valence-corrected chi connectivity index (χ4v) is 2.66. The summed E-state index contributed by atoms with van der Waals surface area (Å²) >= 11 is 3.37. The van der Waals surface area contributed by atoms with Gasteiger partial charge in [-0.3, -0.25) is 4.72 Å². The first-order chi connectivity index (χ1) is 7.74. The Kier molecular flexibility index (Phi) is 4.57. The molecule has 0 amide bonds. The van der Waals surface area contributed by atoms with Gasteiger partial charge in [0.1, 0.15) is 0 Å². The molecule has 0 saturated heterocycles. The number of benzene rings is 1. The molecule has 1 N–H and O–H groups in total. The maximum absolute atomic E-state index is 11.9. The molecule has 0 aliphatic heterocycles. The zero-order valence-corrected chi connectivity index (χ0v) is 12.8. The predicted molar refractivity (Wildman–Crippen MR) is 74.3 cm³/mol. The highest BCUT2D eigenvalue weighted by molar-refractivity contribution is 9.10. The largest absolute Gasteiger partial charge is 0.301 e. The number of hydrogen-bond donors (Lipinski definition) is 1. The SMILES string of the molecule is Cc1ccc(NS(=O)(=O)N(C)C(C)C)cc1Br. The van der Waals surface area contributed by atoms with Crippen LogP contribution in [0.25, 0.3) is 0 Å². The average molecular weight is 321 g/mol. The molecule has 17 heavy (non-hydrogen) atoms. The van der Waals surface area contributed by atoms with Crippen molar-refractivity contribution in [2.24, 2.45) is 0 Å². The molecule has 96 valence electrons. The summed E-state index contributed by atoms with van der Waals surface area (Å²) in [4.78, 5) is 0. The van der Waals surface area contributed by atoms with E-state index >= 15 is 0 Å². The lowest BCUT2D eigenvalue weighted by molar-refractivity contribution is 0.414. The van der Waals surface area contributed by atoms with Crippen LogP contribution in [0.15, 0.2) is 22.7 Å². The first kappa shape index (κ1) is 14.5. The molecule has 1 rings (SSSR count). The van der Waals surface area contributed by atoms with Crippen LogP contribution in [-0.4, -0.2) is 25.8 Å². The second-order valence-corrected chi connectivity index (χ2v) is 6.77. The maximum Gasteiger partial charge on any atom is 0.301 e. The van der Waals surface area contributed by atoms with E-state index in [0.29, 0.717) is 5.69 Å². The van der Waals surface area contributed by atoms with Gasteiger partial charge < -0.3 is 0 Å². The Balaban J connectivity index is 2.94. The van der Waals surface area contributed by atoms with Gasteiger partial charge in [0.25, 0.3) is 0 Å². The van der Waals surface area contributed by atoms with E-state index in [0.717, 1.165) is 10.0 Å². The smallest absolute Gasteiger partial charge is 0.271 e. The van der Waals surface area contributed by atoms with Gasteiger partial charge in [0, 0.05) is 17.6 Å². The van der Waals surface area contributed by atoms with Crippen molar-refractivity contribution in [1.29, 1.82) is 0 Å². The number of halogens is 1. The van der Waals surface area contributed by atoms with Crippen LogP contribution in [-0.2, 0) is 10.2 Å². The summed E-state index contributed by atoms with van der Waals surface area (Å²) in [5.41, 5.74) is 1.61. The standard InChI is InChI=1S/C11H17BrN2O2S/c1-8(2)14(4)17(15,16)13-10-6-5-9(3)11(12)7-10/h5-8,13H,1-4H3. The lowest BCUT2D eigenvalue weighted by Crippen LogP contribution is -2.37. The summed E-state index contributed by atoms with van der Waals surface area (Å²) in [6.45, 7) is 5.59. The average Bonchev–Trinajstić information content (AvgIpc) is 2.22. The summed E-state index contributed by atoms with van der Waals surface area (Å²) in [6, 6.07) is 5.27. The maximum atomic E-state index is 11.9. The summed E-state index contributed by atoms with van der Waals surface area (Å²) in [5, 5.41) is 0. The highest BCUT2D eigenvalue weighted by Gasteiger charge is 2.20. The minimum Gasteiger partial charge on any atom is -0.271 e. The fourth-order valence-electron chi connectivity index (χ4n) is 1.15. The van der Waals surface area contributed by atoms with Crippen molar-refractivity contribution in [2.75, 3.05) is 11.8 Å². The Labute approximate surface area is 111 Å². The molecule has 0 unspecified atom stereocenters. The highest BCUT2D eigenvalue weighted by Crippen LogP contribution is 2.22. The van der Waals surface area contributed by atoms with Crippen LogP contribution in [0.4, 0.5) is 5.69 Å². The van der Waals surface area contributed by atoms with Crippen molar-refractivity contribution >= 4 is 31.8 Å². The Hall–Kier alpha value is -0.590. The molecular weight excluding hydrogens is 304 g/mol. The van der Waals surface area contributed by atoms with E-state index in [9.17, 15) is 8.42 Å². The molecule has 0 atom stereocenters. The quantitative estimate of drug-likeness (QED) is 0.927. The van der Waals surface area contributed by atoms with Gasteiger partial charge in [-0.2, -0.15) is 12.7 Å². The highest BCUT2D eigenvalue weighted by atomic mass is 79.9. The number of hydrogen-bond acceptors (Lipinski definition) is 2. The van der Waals surface area contributed by atoms with Crippen molar-refractivity contribution in [3.63, 3.8) is 0 Å². The van der Waals surface area contributed by atoms with Gasteiger partial charge in [0.05, 0.1) is 5.69 Å². The molecule has 0 bridgehead atoms. The van der Waals surface area contributed by atoms with Gasteiger partial charge in [-0.1, -0.05) is 22.0 Å². The third kappa shape index (κ3) is 3.69. The lowest BCUT2D eigenvalue weighted by atomic mass is 10.2. The van der Waals surface area contributed by atoms with E-state index < -0.39 is 10.2 Å². The molecule has 1 aromatic rings. The molecule has 0 aromatic heterocycles. The third-order valence-corrected chi connectivity index (χ3v) is 5.05. The van der Waals surface area contributed by atoms with E-state index in [1.165, 1.54) is 4.31 Å². The summed E-state index contributed by atoms with van der Waals surface area (Å²) in [6.07, 6.45) is 0. The zero-order valence-electron chi connectivity index (χ0n) is 10.4. The van der Waals surface area contributed by atoms with Crippen LogP contribution in [0.2, 0.25) is 0 Å². The number of nitrogens with zero attached hydrogens (tertiary/aromatic N) is 1. The Morgan fingerprint density at radius 3 is 2.41 bits per heavy atom. The Morgan fingerprint density at radius 1 is 1.35 bits per heavy atom. The van der Waals surface area contributed by atoms with Gasteiger partial charge in [-0.15, -0.1) is 0 Å². The van der Waals surface area contributed by atoms with Crippen molar-refractivity contribution < 1.29 is 8.42 Å². The predicted octanol–water partition coefficient (Wildman–Crippen LogP) is 2.75. The van der Waals surface area contributed by atoms with Gasteiger partial charge >= 0.3 is 10.2 Å². The van der Waals surface area contributed by atoms with Crippen molar-refractivity contribution in [3.05, 3.63) is 28.2 Å². The first-order valence-electron chi connectivity index (χ1n) is 5.26. The van der Waals surface area contributed by atoms with E-state index in [1.54, 1.807) is 19.2 Å². The van der Waals surface area contributed by atoms with Crippen LogP contribution in [0.1, 0.15) is 19.4 Å². The van der Waals surface area contributed by atoms with Crippen LogP contribution >= 0.6 is 15.9 Å². The zero-order chi connectivity index (χ0) is 13.2. The number of nitrogens with one attached hydrogen (secondary N) is 1. The number of anilines is 1. The van der Waals surface area contributed by atoms with Gasteiger partial charge in [-0.05, 0) is 38.5 Å². The van der Waals surface area contributed by atoms with Gasteiger partial charge in [0.15, 0.2) is 0 Å². The second-order valence-electron chi connectivity index (χ2n) is 4.18. The molecule has 0 aliphatic rings. The minimum atomic E-state index is -3.48. The Bertz CT molecular complexity index is 500. The molecule has 4 nitrogen and oxygen atoms in total. The van der Waals surface area contributed by atoms with Gasteiger partial charge in [-0.25, -0.2) is 0 Å². The minimum absolute atomic E-state index is 0.0820. The normalized spacial score (nSPS) is 12.2. The molecule has 6 heteroatoms. The van der Waals surface area contributed by atoms with Crippen LogP contribution in [0.3, 0.4) is 0 Å². The van der Waals surface area contributed by atoms with E-state index in [1.807, 2.05) is 26.8 Å². The molecule has 0 spiro atoms. The molecule has 1 aromatic carbocycles. The Morgan fingerprint density at radius 2 is 1.94 bits per heavy atom. The molecule has 0 saturated carbocycles. The van der Waals surface area contributed by atoms with Crippen LogP contribution < -0.4 is 4.72 Å². The van der Waals surface area contributed by atoms with Gasteiger partial charge in [0.2, 0.25) is 0 Å². The molecular formula is C11H17BrN2O2S. The summed E-state index contributed by atoms with van der Waals surface area (Å²) in [7, 11) is -1.93. The van der Waals surface area contributed by atoms with E-state index in [4.69, 9.17) is 0 Å². The topological polar surface area (TPSA) is 49.4 Å². The lowest BCUT2D eigenvalue weighted by Gasteiger charge is -2.21. The van der Waals surface area contributed by atoms with E-state index in [2.05, 4.69) is 20.7 Å². The van der Waals surface area contributed by atoms with E-state index in [-0.39, 0.29) is 6.04 Å².